The Balaban J connectivity index is 0. The minimum Gasteiger partial charge on any atom is -0.745 e. The van der Waals surface area contributed by atoms with E-state index in [4.69, 9.17) is 0 Å². The van der Waals surface area contributed by atoms with E-state index >= 15 is 0 Å². The van der Waals surface area contributed by atoms with Crippen LogP contribution < -0.4 is 29.6 Å². The second kappa shape index (κ2) is 15.3. The first-order valence-electron chi connectivity index (χ1n) is 9.09. The number of hydrogen-bond acceptors (Lipinski definition) is 5. The van der Waals surface area contributed by atoms with Crippen molar-refractivity contribution in [3.63, 3.8) is 0 Å². The molecule has 5 nitrogen and oxygen atoms in total. The summed E-state index contributed by atoms with van der Waals surface area (Å²) < 4.78 is 32.4. The van der Waals surface area contributed by atoms with Gasteiger partial charge in [-0.1, -0.05) is 57.6 Å². The SMILES string of the molecule is CCCCCC/C=C\CCCCCCCC(=O)C(C)(O)S(=O)(=O)[O-].[Na+]. The van der Waals surface area contributed by atoms with Gasteiger partial charge in [0.05, 0.1) is 0 Å². The van der Waals surface area contributed by atoms with Crippen molar-refractivity contribution in [2.24, 2.45) is 0 Å². The van der Waals surface area contributed by atoms with E-state index in [1.807, 2.05) is 0 Å². The van der Waals surface area contributed by atoms with E-state index in [9.17, 15) is 22.9 Å². The summed E-state index contributed by atoms with van der Waals surface area (Å²) in [6, 6.07) is 0. The van der Waals surface area contributed by atoms with Crippen LogP contribution in [0.5, 0.6) is 0 Å². The summed E-state index contributed by atoms with van der Waals surface area (Å²) in [6.07, 6.45) is 16.2. The normalized spacial score (nSPS) is 14.2. The van der Waals surface area contributed by atoms with Gasteiger partial charge in [-0.3, -0.25) is 4.79 Å². The molecule has 0 saturated heterocycles. The molecule has 0 heterocycles. The number of aliphatic hydroxyl groups is 1. The Hall–Kier alpha value is 0.280. The van der Waals surface area contributed by atoms with Crippen molar-refractivity contribution in [3.05, 3.63) is 12.2 Å². The Morgan fingerprint density at radius 3 is 1.88 bits per heavy atom. The molecule has 7 heteroatoms. The molecule has 0 spiro atoms. The van der Waals surface area contributed by atoms with Crippen molar-refractivity contribution < 1.29 is 52.4 Å². The van der Waals surface area contributed by atoms with Crippen molar-refractivity contribution in [3.8, 4) is 0 Å². The number of unbranched alkanes of at least 4 members (excludes halogenated alkanes) is 9. The largest absolute Gasteiger partial charge is 1.00 e. The first kappa shape index (κ1) is 27.5. The molecular weight excluding hydrogens is 351 g/mol. The number of rotatable bonds is 15. The first-order chi connectivity index (χ1) is 11.2. The Kier molecular flexibility index (Phi) is 16.9. The maximum absolute atomic E-state index is 11.6. The molecule has 0 aromatic heterocycles. The third-order valence-corrected chi connectivity index (χ3v) is 5.37. The number of hydrogen-bond donors (Lipinski definition) is 1. The molecule has 0 aliphatic carbocycles. The summed E-state index contributed by atoms with van der Waals surface area (Å²) in [4.78, 5) is 8.78. The van der Waals surface area contributed by atoms with Crippen LogP contribution >= 0.6 is 0 Å². The average Bonchev–Trinajstić information content (AvgIpc) is 2.50. The molecule has 1 unspecified atom stereocenters. The molecule has 0 fully saturated rings. The van der Waals surface area contributed by atoms with Crippen molar-refractivity contribution in [2.75, 3.05) is 0 Å². The van der Waals surface area contributed by atoms with E-state index in [2.05, 4.69) is 19.1 Å². The van der Waals surface area contributed by atoms with E-state index in [-0.39, 0.29) is 36.0 Å². The molecular formula is C18H33NaO5S. The molecule has 0 aromatic carbocycles. The quantitative estimate of drug-likeness (QED) is 0.197. The van der Waals surface area contributed by atoms with Crippen molar-refractivity contribution >= 4 is 15.9 Å². The third-order valence-electron chi connectivity index (χ3n) is 4.17. The molecule has 0 saturated carbocycles. The van der Waals surface area contributed by atoms with Gasteiger partial charge in [0.2, 0.25) is 4.93 Å². The second-order valence-corrected chi connectivity index (χ2v) is 8.19. The minimum atomic E-state index is -5.02. The number of ketones is 1. The fourth-order valence-corrected chi connectivity index (χ4v) is 2.75. The number of carbonyl (C=O) groups excluding carboxylic acids is 1. The van der Waals surface area contributed by atoms with Crippen molar-refractivity contribution in [2.45, 2.75) is 95.8 Å². The van der Waals surface area contributed by atoms with Gasteiger partial charge in [-0.15, -0.1) is 0 Å². The van der Waals surface area contributed by atoms with E-state index in [1.165, 1.54) is 25.7 Å². The van der Waals surface area contributed by atoms with Gasteiger partial charge in [-0.2, -0.15) is 0 Å². The van der Waals surface area contributed by atoms with Crippen LogP contribution in [0.4, 0.5) is 0 Å². The maximum atomic E-state index is 11.6. The average molecular weight is 385 g/mol. The van der Waals surface area contributed by atoms with Gasteiger partial charge in [-0.25, -0.2) is 8.42 Å². The predicted molar refractivity (Wildman–Crippen MR) is 95.5 cm³/mol. The molecule has 0 amide bonds. The monoisotopic (exact) mass is 384 g/mol. The molecule has 0 rings (SSSR count). The zero-order valence-corrected chi connectivity index (χ0v) is 18.9. The fraction of sp³-hybridized carbons (Fsp3) is 0.833. The van der Waals surface area contributed by atoms with E-state index in [0.29, 0.717) is 6.42 Å². The molecule has 142 valence electrons. The second-order valence-electron chi connectivity index (χ2n) is 6.49. The predicted octanol–water partition coefficient (Wildman–Crippen LogP) is 1.07. The topological polar surface area (TPSA) is 94.5 Å². The van der Waals surface area contributed by atoms with Crippen LogP contribution in [0.3, 0.4) is 0 Å². The van der Waals surface area contributed by atoms with Gasteiger partial charge >= 0.3 is 29.6 Å². The van der Waals surface area contributed by atoms with Crippen LogP contribution in [0.1, 0.15) is 90.9 Å². The van der Waals surface area contributed by atoms with Crippen molar-refractivity contribution in [1.82, 2.24) is 0 Å². The van der Waals surface area contributed by atoms with Crippen LogP contribution in [0.2, 0.25) is 0 Å². The summed E-state index contributed by atoms with van der Waals surface area (Å²) in [6.45, 7) is 2.96. The van der Waals surface area contributed by atoms with Gasteiger partial charge < -0.3 is 9.66 Å². The van der Waals surface area contributed by atoms with Crippen LogP contribution in [-0.2, 0) is 14.9 Å². The standard InChI is InChI=1S/C18H34O5S.Na/c1-3-4-5-6-7-8-9-10-11-12-13-14-15-16-17(19)18(2,20)24(21,22)23;/h8-9,20H,3-7,10-16H2,1-2H3,(H,21,22,23);/q;+1/p-1/b9-8-;. The summed E-state index contributed by atoms with van der Waals surface area (Å²) in [7, 11) is -5.02. The number of Topliss-reactive ketones (excluding diaryl/α,β-unsaturated/α-hetero) is 1. The summed E-state index contributed by atoms with van der Waals surface area (Å²) in [5.74, 6) is -0.913. The summed E-state index contributed by atoms with van der Waals surface area (Å²) >= 11 is 0. The van der Waals surface area contributed by atoms with E-state index in [0.717, 1.165) is 45.4 Å². The molecule has 0 aliphatic rings. The summed E-state index contributed by atoms with van der Waals surface area (Å²) in [5.41, 5.74) is 0. The van der Waals surface area contributed by atoms with Gasteiger partial charge in [0, 0.05) is 6.42 Å². The van der Waals surface area contributed by atoms with Crippen LogP contribution in [-0.4, -0.2) is 28.8 Å². The molecule has 25 heavy (non-hydrogen) atoms. The zero-order valence-electron chi connectivity index (χ0n) is 16.1. The fourth-order valence-electron chi connectivity index (χ4n) is 2.37. The third kappa shape index (κ3) is 13.1. The first-order valence-corrected chi connectivity index (χ1v) is 10.5. The summed E-state index contributed by atoms with van der Waals surface area (Å²) in [5, 5.41) is 9.45. The molecule has 0 aliphatic heterocycles. The van der Waals surface area contributed by atoms with Crippen LogP contribution in [0, 0.1) is 0 Å². The molecule has 0 aromatic rings. The van der Waals surface area contributed by atoms with Gasteiger partial charge in [-0.05, 0) is 39.0 Å². The smallest absolute Gasteiger partial charge is 0.745 e. The maximum Gasteiger partial charge on any atom is 1.00 e. The molecule has 0 bridgehead atoms. The van der Waals surface area contributed by atoms with E-state index < -0.39 is 20.8 Å². The Morgan fingerprint density at radius 2 is 1.40 bits per heavy atom. The Bertz CT molecular complexity index is 472. The van der Waals surface area contributed by atoms with Gasteiger partial charge in [0.1, 0.15) is 10.1 Å². The number of allylic oxidation sites excluding steroid dienone is 2. The molecule has 0 radical (unpaired) electrons. The molecule has 1 N–H and O–H groups in total. The van der Waals surface area contributed by atoms with Crippen LogP contribution in [0.25, 0.3) is 0 Å². The minimum absolute atomic E-state index is 0. The molecule has 1 atom stereocenters. The van der Waals surface area contributed by atoms with Gasteiger partial charge in [0.15, 0.2) is 5.78 Å². The Morgan fingerprint density at radius 1 is 0.960 bits per heavy atom. The van der Waals surface area contributed by atoms with Gasteiger partial charge in [0.25, 0.3) is 0 Å². The van der Waals surface area contributed by atoms with E-state index in [1.54, 1.807) is 0 Å². The van der Waals surface area contributed by atoms with Crippen molar-refractivity contribution in [1.29, 1.82) is 0 Å². The zero-order chi connectivity index (χ0) is 18.5. The Labute approximate surface area is 175 Å². The van der Waals surface area contributed by atoms with Crippen LogP contribution in [0.15, 0.2) is 12.2 Å². The number of carbonyl (C=O) groups is 1.